The fraction of sp³-hybridized carbons (Fsp3) is 0.536. The van der Waals surface area contributed by atoms with Crippen LogP contribution in [-0.4, -0.2) is 73.2 Å². The van der Waals surface area contributed by atoms with Crippen LogP contribution in [0.15, 0.2) is 48.5 Å². The van der Waals surface area contributed by atoms with E-state index in [4.69, 9.17) is 4.74 Å². The number of ether oxygens (including phenoxy) is 1. The van der Waals surface area contributed by atoms with E-state index < -0.39 is 29.5 Å². The maximum Gasteiger partial charge on any atom is 0.416 e. The third-order valence-electron chi connectivity index (χ3n) is 7.48. The Morgan fingerprint density at radius 1 is 0.974 bits per heavy atom. The molecule has 11 heteroatoms. The normalized spacial score (nSPS) is 19.2. The highest BCUT2D eigenvalue weighted by Crippen LogP contribution is 2.36. The lowest BCUT2D eigenvalue weighted by Crippen LogP contribution is -2.50. The predicted octanol–water partition coefficient (Wildman–Crippen LogP) is 5.61. The molecule has 0 N–H and O–H groups in total. The molecule has 2 aromatic carbocycles. The summed E-state index contributed by atoms with van der Waals surface area (Å²) in [6, 6.07) is 10.6. The number of hydrogen-bond acceptors (Lipinski definition) is 4. The summed E-state index contributed by atoms with van der Waals surface area (Å²) in [6.45, 7) is 3.71. The molecule has 5 nitrogen and oxygen atoms in total. The summed E-state index contributed by atoms with van der Waals surface area (Å²) in [7, 11) is 1.54. The van der Waals surface area contributed by atoms with E-state index in [0.29, 0.717) is 25.9 Å². The smallest absolute Gasteiger partial charge is 0.366 e. The van der Waals surface area contributed by atoms with Crippen LogP contribution in [0.2, 0.25) is 0 Å². The molecule has 2 heterocycles. The fourth-order valence-electron chi connectivity index (χ4n) is 5.34. The largest absolute Gasteiger partial charge is 0.416 e. The number of halogens is 6. The van der Waals surface area contributed by atoms with Crippen LogP contribution < -0.4 is 0 Å². The Kier molecular flexibility index (Phi) is 9.23. The van der Waals surface area contributed by atoms with Crippen LogP contribution >= 0.6 is 0 Å². The Morgan fingerprint density at radius 3 is 2.13 bits per heavy atom. The number of piperidine rings is 1. The van der Waals surface area contributed by atoms with E-state index in [1.807, 2.05) is 30.3 Å². The van der Waals surface area contributed by atoms with Crippen molar-refractivity contribution in [2.45, 2.75) is 50.1 Å². The molecule has 2 aliphatic heterocycles. The van der Waals surface area contributed by atoms with Crippen molar-refractivity contribution in [1.29, 1.82) is 0 Å². The number of alkyl halides is 6. The van der Waals surface area contributed by atoms with Gasteiger partial charge >= 0.3 is 12.4 Å². The van der Waals surface area contributed by atoms with Crippen molar-refractivity contribution in [3.63, 3.8) is 0 Å². The molecule has 2 aliphatic rings. The van der Waals surface area contributed by atoms with Crippen LogP contribution in [0.3, 0.4) is 0 Å². The maximum absolute atomic E-state index is 13.7. The lowest BCUT2D eigenvalue weighted by atomic mass is 9.97. The minimum atomic E-state index is -4.91. The molecule has 2 fully saturated rings. The first kappa shape index (κ1) is 29.4. The SMILES string of the molecule is CN(CCc1cc(C(F)(F)F)cc(C(F)(F)F)c1)C(=O)C(c1ccccc1)N1CCC(N2CCCOC2)CC1. The van der Waals surface area contributed by atoms with Gasteiger partial charge < -0.3 is 9.64 Å². The summed E-state index contributed by atoms with van der Waals surface area (Å²) >= 11 is 0. The van der Waals surface area contributed by atoms with E-state index in [0.717, 1.165) is 50.1 Å². The van der Waals surface area contributed by atoms with Crippen molar-refractivity contribution < 1.29 is 35.9 Å². The van der Waals surface area contributed by atoms with Crippen LogP contribution in [0.25, 0.3) is 0 Å². The second kappa shape index (κ2) is 12.3. The van der Waals surface area contributed by atoms with Crippen molar-refractivity contribution in [3.05, 3.63) is 70.8 Å². The van der Waals surface area contributed by atoms with E-state index >= 15 is 0 Å². The molecule has 1 atom stereocenters. The first-order valence-electron chi connectivity index (χ1n) is 13.1. The van der Waals surface area contributed by atoms with E-state index in [1.54, 1.807) is 0 Å². The van der Waals surface area contributed by atoms with Gasteiger partial charge in [-0.2, -0.15) is 26.3 Å². The molecule has 2 aromatic rings. The van der Waals surface area contributed by atoms with Gasteiger partial charge in [-0.1, -0.05) is 30.3 Å². The molecule has 4 rings (SSSR count). The van der Waals surface area contributed by atoms with Gasteiger partial charge in [0.25, 0.3) is 0 Å². The Hall–Kier alpha value is -2.63. The monoisotopic (exact) mass is 557 g/mol. The second-order valence-corrected chi connectivity index (χ2v) is 10.2. The quantitative estimate of drug-likeness (QED) is 0.415. The van der Waals surface area contributed by atoms with Crippen molar-refractivity contribution >= 4 is 5.91 Å². The highest BCUT2D eigenvalue weighted by atomic mass is 19.4. The molecule has 0 spiro atoms. The van der Waals surface area contributed by atoms with Gasteiger partial charge in [0.2, 0.25) is 5.91 Å². The van der Waals surface area contributed by atoms with Crippen molar-refractivity contribution in [1.82, 2.24) is 14.7 Å². The molecule has 2 saturated heterocycles. The number of nitrogens with zero attached hydrogens (tertiary/aromatic N) is 3. The summed E-state index contributed by atoms with van der Waals surface area (Å²) in [5, 5.41) is 0. The fourth-order valence-corrected chi connectivity index (χ4v) is 5.34. The third kappa shape index (κ3) is 7.52. The zero-order valence-corrected chi connectivity index (χ0v) is 21.8. The predicted molar refractivity (Wildman–Crippen MR) is 134 cm³/mol. The average molecular weight is 558 g/mol. The third-order valence-corrected chi connectivity index (χ3v) is 7.48. The van der Waals surface area contributed by atoms with Gasteiger partial charge in [-0.15, -0.1) is 0 Å². The van der Waals surface area contributed by atoms with Gasteiger partial charge in [0.15, 0.2) is 0 Å². The maximum atomic E-state index is 13.7. The number of benzene rings is 2. The van der Waals surface area contributed by atoms with Crippen LogP contribution in [0, 0.1) is 0 Å². The van der Waals surface area contributed by atoms with Gasteiger partial charge in [0.1, 0.15) is 6.04 Å². The number of carbonyl (C=O) groups excluding carboxylic acids is 1. The molecule has 0 saturated carbocycles. The Balaban J connectivity index is 1.47. The van der Waals surface area contributed by atoms with Crippen molar-refractivity contribution in [2.75, 3.05) is 46.6 Å². The molecule has 1 amide bonds. The number of rotatable bonds is 7. The van der Waals surface area contributed by atoms with E-state index in [9.17, 15) is 31.1 Å². The molecular weight excluding hydrogens is 524 g/mol. The first-order valence-corrected chi connectivity index (χ1v) is 13.1. The summed E-state index contributed by atoms with van der Waals surface area (Å²) in [4.78, 5) is 19.5. The minimum absolute atomic E-state index is 0.0254. The lowest BCUT2D eigenvalue weighted by Gasteiger charge is -2.42. The molecule has 1 unspecified atom stereocenters. The summed E-state index contributed by atoms with van der Waals surface area (Å²) < 4.78 is 85.2. The molecular formula is C28H33F6N3O2. The Morgan fingerprint density at radius 2 is 1.59 bits per heavy atom. The van der Waals surface area contributed by atoms with Crippen molar-refractivity contribution in [2.24, 2.45) is 0 Å². The van der Waals surface area contributed by atoms with Gasteiger partial charge in [-0.25, -0.2) is 0 Å². The topological polar surface area (TPSA) is 36.0 Å². The molecule has 0 aliphatic carbocycles. The number of carbonyl (C=O) groups is 1. The molecule has 0 radical (unpaired) electrons. The first-order chi connectivity index (χ1) is 18.4. The number of hydrogen-bond donors (Lipinski definition) is 0. The Bertz CT molecular complexity index is 1060. The van der Waals surface area contributed by atoms with E-state index in [1.165, 1.54) is 11.9 Å². The van der Waals surface area contributed by atoms with Crippen LogP contribution in [-0.2, 0) is 28.3 Å². The molecule has 39 heavy (non-hydrogen) atoms. The van der Waals surface area contributed by atoms with Gasteiger partial charge in [-0.3, -0.25) is 14.6 Å². The zero-order chi connectivity index (χ0) is 28.2. The van der Waals surface area contributed by atoms with Crippen LogP contribution in [0.4, 0.5) is 26.3 Å². The molecule has 0 aromatic heterocycles. The summed E-state index contributed by atoms with van der Waals surface area (Å²) in [6.07, 6.45) is -7.24. The zero-order valence-electron chi connectivity index (χ0n) is 21.8. The van der Waals surface area contributed by atoms with E-state index in [-0.39, 0.29) is 30.5 Å². The number of likely N-dealkylation sites (tertiary alicyclic amines) is 1. The average Bonchev–Trinajstić information content (AvgIpc) is 2.92. The van der Waals surface area contributed by atoms with Gasteiger partial charge in [0, 0.05) is 45.9 Å². The Labute approximate surface area is 224 Å². The second-order valence-electron chi connectivity index (χ2n) is 10.2. The minimum Gasteiger partial charge on any atom is -0.366 e. The summed E-state index contributed by atoms with van der Waals surface area (Å²) in [5.74, 6) is -0.246. The number of amides is 1. The standard InChI is InChI=1S/C28H33F6N3O2/c1-35(12-8-20-16-22(27(29,30)31)18-23(17-20)28(32,33)34)26(38)25(21-6-3-2-4-7-21)36-13-9-24(10-14-36)37-11-5-15-39-19-37/h2-4,6-7,16-18,24-25H,5,8-15,19H2,1H3. The highest BCUT2D eigenvalue weighted by Gasteiger charge is 2.37. The molecule has 0 bridgehead atoms. The van der Waals surface area contributed by atoms with Crippen LogP contribution in [0.1, 0.15) is 47.6 Å². The van der Waals surface area contributed by atoms with E-state index in [2.05, 4.69) is 9.80 Å². The highest BCUT2D eigenvalue weighted by molar-refractivity contribution is 5.83. The van der Waals surface area contributed by atoms with Crippen molar-refractivity contribution in [3.8, 4) is 0 Å². The number of likely N-dealkylation sites (N-methyl/N-ethyl adjacent to an activating group) is 1. The van der Waals surface area contributed by atoms with Gasteiger partial charge in [-0.05, 0) is 55.0 Å². The van der Waals surface area contributed by atoms with Gasteiger partial charge in [0.05, 0.1) is 17.9 Å². The van der Waals surface area contributed by atoms with Crippen LogP contribution in [0.5, 0.6) is 0 Å². The summed E-state index contributed by atoms with van der Waals surface area (Å²) in [5.41, 5.74) is -2.04. The molecule has 214 valence electrons. The lowest BCUT2D eigenvalue weighted by molar-refractivity contribution is -0.143.